The summed E-state index contributed by atoms with van der Waals surface area (Å²) in [6, 6.07) is 1.45. The van der Waals surface area contributed by atoms with E-state index < -0.39 is 10.0 Å². The molecule has 0 spiro atoms. The zero-order chi connectivity index (χ0) is 12.0. The summed E-state index contributed by atoms with van der Waals surface area (Å²) in [6.45, 7) is 0.368. The summed E-state index contributed by atoms with van der Waals surface area (Å²) in [5.74, 6) is 3.72. The van der Waals surface area contributed by atoms with E-state index >= 15 is 0 Å². The fraction of sp³-hybridized carbons (Fsp3) is 0.333. The van der Waals surface area contributed by atoms with Gasteiger partial charge < -0.3 is 5.73 Å². The number of nitrogen functional groups attached to an aromatic ring is 1. The van der Waals surface area contributed by atoms with Crippen molar-refractivity contribution in [3.8, 4) is 12.3 Å². The van der Waals surface area contributed by atoms with Crippen molar-refractivity contribution in [2.75, 3.05) is 23.8 Å². The average molecular weight is 276 g/mol. The van der Waals surface area contributed by atoms with E-state index in [1.165, 1.54) is 17.8 Å². The third-order valence-electron chi connectivity index (χ3n) is 1.58. The van der Waals surface area contributed by atoms with Crippen LogP contribution in [0, 0.1) is 12.3 Å². The van der Waals surface area contributed by atoms with Gasteiger partial charge in [0.25, 0.3) is 0 Å². The summed E-state index contributed by atoms with van der Waals surface area (Å²) in [7, 11) is -3.40. The fourth-order valence-electron chi connectivity index (χ4n) is 0.922. The van der Waals surface area contributed by atoms with E-state index in [0.29, 0.717) is 23.7 Å². The SMILES string of the molecule is C#CCSCCNS(=O)(=O)c1cc(N)cs1. The van der Waals surface area contributed by atoms with E-state index in [2.05, 4.69) is 10.6 Å². The summed E-state index contributed by atoms with van der Waals surface area (Å²) in [5, 5.41) is 1.60. The lowest BCUT2D eigenvalue weighted by Gasteiger charge is -2.03. The predicted molar refractivity (Wildman–Crippen MR) is 70.1 cm³/mol. The third kappa shape index (κ3) is 4.06. The molecule has 0 aliphatic carbocycles. The molecule has 1 rings (SSSR count). The van der Waals surface area contributed by atoms with Gasteiger partial charge in [-0.1, -0.05) is 5.92 Å². The second-order valence-corrected chi connectivity index (χ2v) is 6.86. The molecule has 1 aromatic rings. The van der Waals surface area contributed by atoms with Gasteiger partial charge in [-0.05, 0) is 6.07 Å². The van der Waals surface area contributed by atoms with Crippen molar-refractivity contribution in [2.24, 2.45) is 0 Å². The molecule has 0 atom stereocenters. The number of thiophene rings is 1. The molecule has 1 heterocycles. The van der Waals surface area contributed by atoms with Gasteiger partial charge in [0, 0.05) is 23.4 Å². The van der Waals surface area contributed by atoms with Gasteiger partial charge in [0.15, 0.2) is 0 Å². The second-order valence-electron chi connectivity index (χ2n) is 2.85. The summed E-state index contributed by atoms with van der Waals surface area (Å²) in [6.07, 6.45) is 5.07. The largest absolute Gasteiger partial charge is 0.398 e. The van der Waals surface area contributed by atoms with E-state index in [0.717, 1.165) is 11.3 Å². The second kappa shape index (κ2) is 6.15. The highest BCUT2D eigenvalue weighted by Crippen LogP contribution is 2.21. The maximum Gasteiger partial charge on any atom is 0.250 e. The van der Waals surface area contributed by atoms with Crippen molar-refractivity contribution in [3.63, 3.8) is 0 Å². The minimum absolute atomic E-state index is 0.243. The first-order chi connectivity index (χ1) is 7.56. The van der Waals surface area contributed by atoms with Gasteiger partial charge in [-0.15, -0.1) is 29.5 Å². The van der Waals surface area contributed by atoms with Gasteiger partial charge >= 0.3 is 0 Å². The Kier molecular flexibility index (Phi) is 5.15. The fourth-order valence-corrected chi connectivity index (χ4v) is 3.72. The number of terminal acetylenes is 1. The molecule has 0 saturated heterocycles. The molecule has 0 bridgehead atoms. The zero-order valence-electron chi connectivity index (χ0n) is 8.47. The Morgan fingerprint density at radius 2 is 2.38 bits per heavy atom. The van der Waals surface area contributed by atoms with Crippen LogP contribution in [0.15, 0.2) is 15.7 Å². The van der Waals surface area contributed by atoms with Crippen molar-refractivity contribution >= 4 is 38.8 Å². The number of anilines is 1. The Labute approximate surface area is 104 Å². The van der Waals surface area contributed by atoms with Gasteiger partial charge in [0.1, 0.15) is 4.21 Å². The van der Waals surface area contributed by atoms with Crippen molar-refractivity contribution in [2.45, 2.75) is 4.21 Å². The molecule has 3 N–H and O–H groups in total. The maximum atomic E-state index is 11.7. The van der Waals surface area contributed by atoms with Crippen LogP contribution in [-0.2, 0) is 10.0 Å². The van der Waals surface area contributed by atoms with Crippen LogP contribution in [0.25, 0.3) is 0 Å². The highest BCUT2D eigenvalue weighted by molar-refractivity contribution is 7.99. The highest BCUT2D eigenvalue weighted by Gasteiger charge is 2.15. The minimum Gasteiger partial charge on any atom is -0.398 e. The van der Waals surface area contributed by atoms with E-state index in [4.69, 9.17) is 12.2 Å². The van der Waals surface area contributed by atoms with Crippen molar-refractivity contribution in [3.05, 3.63) is 11.4 Å². The number of sulfonamides is 1. The Morgan fingerprint density at radius 3 is 2.94 bits per heavy atom. The van der Waals surface area contributed by atoms with E-state index in [-0.39, 0.29) is 4.21 Å². The lowest BCUT2D eigenvalue weighted by molar-refractivity contribution is 0.586. The number of nitrogens with two attached hydrogens (primary N) is 1. The predicted octanol–water partition coefficient (Wildman–Crippen LogP) is 0.975. The van der Waals surface area contributed by atoms with Crippen LogP contribution >= 0.6 is 23.1 Å². The molecule has 0 unspecified atom stereocenters. The van der Waals surface area contributed by atoms with Crippen LogP contribution in [0.4, 0.5) is 5.69 Å². The molecule has 16 heavy (non-hydrogen) atoms. The van der Waals surface area contributed by atoms with Gasteiger partial charge in [-0.3, -0.25) is 0 Å². The van der Waals surface area contributed by atoms with Crippen LogP contribution in [0.2, 0.25) is 0 Å². The molecule has 0 saturated carbocycles. The van der Waals surface area contributed by atoms with Gasteiger partial charge in [-0.25, -0.2) is 13.1 Å². The summed E-state index contributed by atoms with van der Waals surface area (Å²) in [4.78, 5) is 0. The van der Waals surface area contributed by atoms with Gasteiger partial charge in [0.2, 0.25) is 10.0 Å². The van der Waals surface area contributed by atoms with Gasteiger partial charge in [-0.2, -0.15) is 0 Å². The quantitative estimate of drug-likeness (QED) is 0.600. The molecule has 0 radical (unpaired) electrons. The van der Waals surface area contributed by atoms with Crippen molar-refractivity contribution in [1.82, 2.24) is 4.72 Å². The third-order valence-corrected chi connectivity index (χ3v) is 5.37. The normalized spacial score (nSPS) is 11.2. The number of hydrogen-bond acceptors (Lipinski definition) is 5. The molecule has 0 aromatic carbocycles. The first-order valence-corrected chi connectivity index (χ1v) is 7.93. The molecule has 88 valence electrons. The zero-order valence-corrected chi connectivity index (χ0v) is 10.9. The molecule has 0 aliphatic rings. The van der Waals surface area contributed by atoms with Gasteiger partial charge in [0.05, 0.1) is 5.75 Å². The molecule has 0 fully saturated rings. The molecule has 0 aliphatic heterocycles. The van der Waals surface area contributed by atoms with E-state index in [9.17, 15) is 8.42 Å². The molecule has 0 amide bonds. The lowest BCUT2D eigenvalue weighted by Crippen LogP contribution is -2.25. The first-order valence-electron chi connectivity index (χ1n) is 4.41. The average Bonchev–Trinajstić information content (AvgIpc) is 2.65. The number of rotatable bonds is 6. The summed E-state index contributed by atoms with van der Waals surface area (Å²) in [5.41, 5.74) is 5.93. The Morgan fingerprint density at radius 1 is 1.62 bits per heavy atom. The van der Waals surface area contributed by atoms with Crippen LogP contribution in [0.1, 0.15) is 0 Å². The van der Waals surface area contributed by atoms with Crippen LogP contribution in [0.3, 0.4) is 0 Å². The summed E-state index contributed by atoms with van der Waals surface area (Å²) < 4.78 is 26.1. The molecule has 7 heteroatoms. The summed E-state index contributed by atoms with van der Waals surface area (Å²) >= 11 is 2.62. The number of thioether (sulfide) groups is 1. The minimum atomic E-state index is -3.40. The monoisotopic (exact) mass is 276 g/mol. The first kappa shape index (κ1) is 13.4. The molecular weight excluding hydrogens is 264 g/mol. The van der Waals surface area contributed by atoms with Crippen molar-refractivity contribution < 1.29 is 8.42 Å². The standard InChI is InChI=1S/C9H12N2O2S3/c1-2-4-14-5-3-11-16(12,13)9-6-8(10)7-15-9/h1,6-7,11H,3-5,10H2. The Balaban J connectivity index is 2.45. The molecular formula is C9H12N2O2S3. The Bertz CT molecular complexity index is 473. The van der Waals surface area contributed by atoms with E-state index in [1.807, 2.05) is 0 Å². The van der Waals surface area contributed by atoms with E-state index in [1.54, 1.807) is 5.38 Å². The van der Waals surface area contributed by atoms with Crippen LogP contribution < -0.4 is 10.5 Å². The number of hydrogen-bond donors (Lipinski definition) is 2. The highest BCUT2D eigenvalue weighted by atomic mass is 32.2. The Hall–Kier alpha value is -0.680. The molecule has 1 aromatic heterocycles. The van der Waals surface area contributed by atoms with Crippen molar-refractivity contribution in [1.29, 1.82) is 0 Å². The smallest absolute Gasteiger partial charge is 0.250 e. The maximum absolute atomic E-state index is 11.7. The molecule has 4 nitrogen and oxygen atoms in total. The van der Waals surface area contributed by atoms with Crippen LogP contribution in [0.5, 0.6) is 0 Å². The lowest BCUT2D eigenvalue weighted by atomic mass is 10.6. The van der Waals surface area contributed by atoms with Crippen LogP contribution in [-0.4, -0.2) is 26.5 Å². The topological polar surface area (TPSA) is 72.2 Å². The number of nitrogens with one attached hydrogen (secondary N) is 1.